The zero-order valence-electron chi connectivity index (χ0n) is 8.86. The van der Waals surface area contributed by atoms with Crippen molar-refractivity contribution in [3.63, 3.8) is 0 Å². The molecule has 0 fully saturated rings. The molecule has 1 aliphatic carbocycles. The lowest BCUT2D eigenvalue weighted by molar-refractivity contribution is -0.131. The van der Waals surface area contributed by atoms with Gasteiger partial charge in [0.2, 0.25) is 11.6 Å². The molecule has 0 unspecified atom stereocenters. The predicted molar refractivity (Wildman–Crippen MR) is 65.5 cm³/mol. The maximum Gasteiger partial charge on any atom is 0.294 e. The highest BCUT2D eigenvalue weighted by Crippen LogP contribution is 2.10. The topological polar surface area (TPSA) is 207 Å². The highest BCUT2D eigenvalue weighted by molar-refractivity contribution is 7.90. The van der Waals surface area contributed by atoms with Crippen molar-refractivity contribution in [2.45, 2.75) is 0 Å². The maximum absolute atomic E-state index is 10.6. The number of halogens is 1. The minimum absolute atomic E-state index is 0. The summed E-state index contributed by atoms with van der Waals surface area (Å²) >= 11 is 0. The Morgan fingerprint density at radius 1 is 1.11 bits per heavy atom. The third kappa shape index (κ3) is 10.5. The van der Waals surface area contributed by atoms with Crippen molar-refractivity contribution < 1.29 is 22.6 Å². The van der Waals surface area contributed by atoms with Gasteiger partial charge in [-0.3, -0.25) is 19.1 Å². The number of allylic oxidation sites excluding steroid dienone is 3. The number of carbonyl (C=O) groups is 2. The summed E-state index contributed by atoms with van der Waals surface area (Å²) in [5.41, 5.74) is 25.8. The van der Waals surface area contributed by atoms with Gasteiger partial charge in [0.05, 0.1) is 4.91 Å². The molecule has 0 bridgehead atoms. The first-order valence-corrected chi connectivity index (χ1v) is 5.13. The number of nitrogens with one attached hydrogen (secondary N) is 1. The lowest BCUT2D eigenvalue weighted by atomic mass is 10.1. The van der Waals surface area contributed by atoms with Gasteiger partial charge in [-0.05, 0) is 22.6 Å². The Morgan fingerprint density at radius 3 is 1.74 bits per heavy atom. The monoisotopic (exact) mass is 309 g/mol. The van der Waals surface area contributed by atoms with Gasteiger partial charge in [0, 0.05) is 6.08 Å². The Morgan fingerprint density at radius 2 is 1.47 bits per heavy atom. The van der Waals surface area contributed by atoms with Crippen molar-refractivity contribution >= 4 is 34.1 Å². The van der Waals surface area contributed by atoms with E-state index in [1.54, 1.807) is 4.91 Å². The fourth-order valence-corrected chi connectivity index (χ4v) is 1.14. The van der Waals surface area contributed by atoms with E-state index in [1.165, 1.54) is 4.91 Å². The van der Waals surface area contributed by atoms with E-state index in [4.69, 9.17) is 26.7 Å². The van der Waals surface area contributed by atoms with E-state index in [0.717, 1.165) is 12.2 Å². The molecule has 0 atom stereocenters. The Kier molecular flexibility index (Phi) is 12.4. The van der Waals surface area contributed by atoms with Gasteiger partial charge in [-0.25, -0.2) is 0 Å². The second-order valence-corrected chi connectivity index (χ2v) is 3.69. The van der Waals surface area contributed by atoms with Gasteiger partial charge >= 0.3 is 0 Å². The predicted octanol–water partition coefficient (Wildman–Crippen LogP) is 1.63. The standard InChI is InChI=1S/C6H4O5S.ClH.HN3.N3/c7-5-2-1-4(3-6(5)8)12(9,10)11;;2*1-3-2/h1-3H,(H,9,10,11);1H;1H;/q;;;-1. The number of hydrogen-bond acceptors (Lipinski definition) is 5. The average molecular weight is 310 g/mol. The summed E-state index contributed by atoms with van der Waals surface area (Å²) in [6, 6.07) is 0. The molecule has 13 heteroatoms. The van der Waals surface area contributed by atoms with E-state index in [2.05, 4.69) is 0 Å². The molecule has 0 aromatic rings. The average Bonchev–Trinajstić information content (AvgIpc) is 2.23. The van der Waals surface area contributed by atoms with Gasteiger partial charge in [0.1, 0.15) is 0 Å². The molecule has 0 aliphatic heterocycles. The van der Waals surface area contributed by atoms with Gasteiger partial charge in [-0.1, -0.05) is 0 Å². The van der Waals surface area contributed by atoms with E-state index in [-0.39, 0.29) is 12.4 Å². The molecule has 0 radical (unpaired) electrons. The minimum Gasteiger partial charge on any atom is -0.373 e. The van der Waals surface area contributed by atoms with Crippen LogP contribution in [0.3, 0.4) is 0 Å². The molecule has 0 aromatic carbocycles. The zero-order valence-corrected chi connectivity index (χ0v) is 10.5. The number of nitrogens with zero attached hydrogens (tertiary/aromatic N) is 5. The summed E-state index contributed by atoms with van der Waals surface area (Å²) < 4.78 is 29.3. The molecule has 0 aromatic heterocycles. The van der Waals surface area contributed by atoms with E-state index in [9.17, 15) is 18.0 Å². The largest absolute Gasteiger partial charge is 0.373 e. The Hall–Kier alpha value is -2.36. The molecule has 11 nitrogen and oxygen atoms in total. The van der Waals surface area contributed by atoms with Crippen molar-refractivity contribution in [1.29, 1.82) is 5.53 Å². The zero-order chi connectivity index (χ0) is 14.8. The van der Waals surface area contributed by atoms with Gasteiger partial charge in [-0.15, -0.1) is 17.9 Å². The van der Waals surface area contributed by atoms with Crippen LogP contribution < -0.4 is 0 Å². The van der Waals surface area contributed by atoms with Gasteiger partial charge in [0.25, 0.3) is 10.1 Å². The molecule has 1 aliphatic rings. The Bertz CT molecular complexity index is 555. The molecule has 104 valence electrons. The summed E-state index contributed by atoms with van der Waals surface area (Å²) in [4.78, 5) is 23.8. The Labute approximate surface area is 112 Å². The quantitative estimate of drug-likeness (QED) is 0.184. The van der Waals surface area contributed by atoms with E-state index in [0.29, 0.717) is 6.08 Å². The molecule has 1 rings (SSSR count). The third-order valence-corrected chi connectivity index (χ3v) is 2.06. The van der Waals surface area contributed by atoms with Crippen molar-refractivity contribution in [2.24, 2.45) is 0 Å². The first-order chi connectivity index (χ1) is 8.24. The summed E-state index contributed by atoms with van der Waals surface area (Å²) in [7, 11) is -4.38. The number of carbonyl (C=O) groups excluding carboxylic acids is 2. The second-order valence-electron chi connectivity index (χ2n) is 2.27. The summed E-state index contributed by atoms with van der Waals surface area (Å²) in [5.74, 6) is -1.76. The van der Waals surface area contributed by atoms with Crippen molar-refractivity contribution in [1.82, 2.24) is 0 Å². The molecule has 0 saturated heterocycles. The molecule has 0 spiro atoms. The first-order valence-electron chi connectivity index (χ1n) is 3.69. The van der Waals surface area contributed by atoms with Crippen LogP contribution in [0.25, 0.3) is 26.4 Å². The third-order valence-electron chi connectivity index (χ3n) is 1.21. The summed E-state index contributed by atoms with van der Waals surface area (Å²) in [6.45, 7) is 0. The maximum atomic E-state index is 10.6. The smallest absolute Gasteiger partial charge is 0.294 e. The minimum atomic E-state index is -4.38. The van der Waals surface area contributed by atoms with Crippen LogP contribution in [0.2, 0.25) is 0 Å². The van der Waals surface area contributed by atoms with Crippen LogP contribution in [-0.2, 0) is 19.7 Å². The fourth-order valence-electron chi connectivity index (χ4n) is 0.649. The normalized spacial score (nSPS) is 12.2. The number of rotatable bonds is 1. The highest BCUT2D eigenvalue weighted by Gasteiger charge is 2.20. The van der Waals surface area contributed by atoms with E-state index < -0.39 is 26.6 Å². The fraction of sp³-hybridized carbons (Fsp3) is 0. The number of hydrogen-bond donors (Lipinski definition) is 2. The molecular weight excluding hydrogens is 304 g/mol. The van der Waals surface area contributed by atoms with Crippen LogP contribution in [0.5, 0.6) is 0 Å². The van der Waals surface area contributed by atoms with Gasteiger partial charge in [0.15, 0.2) is 0 Å². The summed E-state index contributed by atoms with van der Waals surface area (Å²) in [5, 5.41) is 0. The van der Waals surface area contributed by atoms with E-state index in [1.807, 2.05) is 0 Å². The van der Waals surface area contributed by atoms with Crippen LogP contribution in [0.15, 0.2) is 23.1 Å². The highest BCUT2D eigenvalue weighted by atomic mass is 35.5. The van der Waals surface area contributed by atoms with E-state index >= 15 is 0 Å². The lowest BCUT2D eigenvalue weighted by Gasteiger charge is -2.00. The van der Waals surface area contributed by atoms with Crippen LogP contribution in [-0.4, -0.2) is 24.5 Å². The van der Waals surface area contributed by atoms with Crippen LogP contribution in [0, 0.1) is 5.53 Å². The number of ketones is 2. The van der Waals surface area contributed by atoms with Crippen LogP contribution >= 0.6 is 12.4 Å². The van der Waals surface area contributed by atoms with Crippen LogP contribution in [0.4, 0.5) is 0 Å². The summed E-state index contributed by atoms with van der Waals surface area (Å²) in [6.07, 6.45) is 2.25. The molecular formula is C6H6ClN6O5S-. The first kappa shape index (κ1) is 21.9. The molecule has 0 saturated carbocycles. The van der Waals surface area contributed by atoms with Gasteiger partial charge < -0.3 is 11.1 Å². The molecule has 0 amide bonds. The molecule has 0 heterocycles. The van der Waals surface area contributed by atoms with Crippen LogP contribution in [0.1, 0.15) is 0 Å². The van der Waals surface area contributed by atoms with Crippen molar-refractivity contribution in [2.75, 3.05) is 0 Å². The SMILES string of the molecule is Cl.O=C1C=CC(S(=O)(=O)O)=CC1=O.[N-]=[N+]=N.[N-]=[N+]=[N-]. The van der Waals surface area contributed by atoms with Crippen molar-refractivity contribution in [3.8, 4) is 0 Å². The van der Waals surface area contributed by atoms with Crippen molar-refractivity contribution in [3.05, 3.63) is 49.6 Å². The lowest BCUT2D eigenvalue weighted by Crippen LogP contribution is -2.14. The Balaban J connectivity index is -0.000000314. The molecule has 2 N–H and O–H groups in total. The second kappa shape index (κ2) is 10.8. The van der Waals surface area contributed by atoms with Gasteiger partial charge in [-0.2, -0.15) is 8.42 Å². The molecule has 19 heavy (non-hydrogen) atoms.